The van der Waals surface area contributed by atoms with E-state index in [4.69, 9.17) is 4.74 Å². The minimum Gasteiger partial charge on any atom is -0.496 e. The monoisotopic (exact) mass is 491 g/mol. The Morgan fingerprint density at radius 1 is 1.06 bits per heavy atom. The van der Waals surface area contributed by atoms with Crippen LogP contribution in [-0.2, 0) is 14.8 Å². The van der Waals surface area contributed by atoms with Crippen LogP contribution in [0.1, 0.15) is 61.9 Å². The van der Waals surface area contributed by atoms with Crippen LogP contribution in [0.2, 0.25) is 0 Å². The van der Waals surface area contributed by atoms with Gasteiger partial charge in [0.2, 0.25) is 15.9 Å². The van der Waals surface area contributed by atoms with E-state index in [0.29, 0.717) is 5.56 Å². The Morgan fingerprint density at radius 3 is 2.18 bits per heavy atom. The molecule has 0 aromatic heterocycles. The summed E-state index contributed by atoms with van der Waals surface area (Å²) < 4.78 is 31.8. The lowest BCUT2D eigenvalue weighted by Gasteiger charge is -2.30. The molecule has 1 N–H and O–H groups in total. The van der Waals surface area contributed by atoms with E-state index in [1.165, 1.54) is 25.1 Å². The highest BCUT2D eigenvalue weighted by Gasteiger charge is 2.32. The Hall–Kier alpha value is -3.14. The second-order valence-corrected chi connectivity index (χ2v) is 10.7. The molecule has 0 saturated heterocycles. The number of nitrogens with one attached hydrogen (secondary N) is 1. The average molecular weight is 492 g/mol. The van der Waals surface area contributed by atoms with Crippen molar-refractivity contribution in [1.82, 2.24) is 5.32 Å². The van der Waals surface area contributed by atoms with E-state index in [2.05, 4.69) is 5.32 Å². The third-order valence-corrected chi connectivity index (χ3v) is 7.02. The van der Waals surface area contributed by atoms with E-state index >= 15 is 0 Å². The number of non-ortho nitro benzene ring substituents is 1. The van der Waals surface area contributed by atoms with Crippen molar-refractivity contribution in [2.75, 3.05) is 17.7 Å². The standard InChI is InChI=1S/C24H33N3O6S/c1-14(2)20-13-21(16(4)11-23(20)33-7)17(5)25-24(28)18(6)26(34(8,31)32)22-12-19(27(29)30)10-9-15(22)3/h9-14,17-18H,1-8H3,(H,25,28)/t17-,18-/m0/s1. The van der Waals surface area contributed by atoms with Gasteiger partial charge < -0.3 is 10.1 Å². The zero-order valence-electron chi connectivity index (χ0n) is 20.9. The van der Waals surface area contributed by atoms with Gasteiger partial charge in [-0.1, -0.05) is 19.9 Å². The number of amides is 1. The van der Waals surface area contributed by atoms with Crippen LogP contribution in [0.3, 0.4) is 0 Å². The highest BCUT2D eigenvalue weighted by atomic mass is 32.2. The fourth-order valence-electron chi connectivity index (χ4n) is 3.95. The van der Waals surface area contributed by atoms with Crippen molar-refractivity contribution in [3.05, 3.63) is 62.7 Å². The van der Waals surface area contributed by atoms with Gasteiger partial charge in [-0.05, 0) is 68.0 Å². The number of nitrogens with zero attached hydrogens (tertiary/aromatic N) is 2. The molecule has 10 heteroatoms. The topological polar surface area (TPSA) is 119 Å². The Bertz CT molecular complexity index is 1190. The number of rotatable bonds is 9. The van der Waals surface area contributed by atoms with Crippen molar-refractivity contribution >= 4 is 27.3 Å². The molecule has 186 valence electrons. The lowest BCUT2D eigenvalue weighted by molar-refractivity contribution is -0.384. The minimum atomic E-state index is -3.93. The highest BCUT2D eigenvalue weighted by Crippen LogP contribution is 2.33. The molecule has 0 aliphatic heterocycles. The number of ether oxygens (including phenoxy) is 1. The number of carbonyl (C=O) groups excluding carboxylic acids is 1. The predicted molar refractivity (Wildman–Crippen MR) is 133 cm³/mol. The van der Waals surface area contributed by atoms with E-state index in [1.54, 1.807) is 14.0 Å². The first-order chi connectivity index (χ1) is 15.7. The van der Waals surface area contributed by atoms with Crippen LogP contribution >= 0.6 is 0 Å². The number of benzene rings is 2. The number of nitro benzene ring substituents is 1. The van der Waals surface area contributed by atoms with Crippen molar-refractivity contribution in [2.24, 2.45) is 0 Å². The largest absolute Gasteiger partial charge is 0.496 e. The summed E-state index contributed by atoms with van der Waals surface area (Å²) in [6.07, 6.45) is 0.973. The van der Waals surface area contributed by atoms with Gasteiger partial charge in [0.25, 0.3) is 5.69 Å². The molecule has 0 spiro atoms. The van der Waals surface area contributed by atoms with Crippen LogP contribution in [0, 0.1) is 24.0 Å². The van der Waals surface area contributed by atoms with Crippen molar-refractivity contribution in [1.29, 1.82) is 0 Å². The fraction of sp³-hybridized carbons (Fsp3) is 0.458. The van der Waals surface area contributed by atoms with E-state index in [0.717, 1.165) is 33.0 Å². The van der Waals surface area contributed by atoms with E-state index in [1.807, 2.05) is 39.8 Å². The number of hydrogen-bond acceptors (Lipinski definition) is 6. The Balaban J connectivity index is 2.42. The number of nitro groups is 1. The molecule has 2 aromatic rings. The van der Waals surface area contributed by atoms with Gasteiger partial charge in [-0.15, -0.1) is 0 Å². The molecule has 0 radical (unpaired) electrons. The number of hydrogen-bond donors (Lipinski definition) is 1. The van der Waals surface area contributed by atoms with E-state index in [9.17, 15) is 23.3 Å². The van der Waals surface area contributed by atoms with Gasteiger partial charge in [-0.25, -0.2) is 8.42 Å². The van der Waals surface area contributed by atoms with Crippen LogP contribution in [0.4, 0.5) is 11.4 Å². The molecular weight excluding hydrogens is 458 g/mol. The molecule has 0 unspecified atom stereocenters. The summed E-state index contributed by atoms with van der Waals surface area (Å²) in [4.78, 5) is 23.8. The predicted octanol–water partition coefficient (Wildman–Crippen LogP) is 4.38. The smallest absolute Gasteiger partial charge is 0.271 e. The summed E-state index contributed by atoms with van der Waals surface area (Å²) in [5, 5.41) is 14.1. The summed E-state index contributed by atoms with van der Waals surface area (Å²) in [5.41, 5.74) is 3.15. The van der Waals surface area contributed by atoms with Crippen molar-refractivity contribution < 1.29 is 22.9 Å². The normalized spacial score (nSPS) is 13.3. The quantitative estimate of drug-likeness (QED) is 0.411. The highest BCUT2D eigenvalue weighted by molar-refractivity contribution is 7.92. The molecule has 0 aliphatic rings. The SMILES string of the molecule is COc1cc(C)c([C@H](C)NC(=O)[C@H](C)N(c2cc([N+](=O)[O-])ccc2C)S(C)(=O)=O)cc1C(C)C. The lowest BCUT2D eigenvalue weighted by Crippen LogP contribution is -2.48. The maximum Gasteiger partial charge on any atom is 0.271 e. The summed E-state index contributed by atoms with van der Waals surface area (Å²) in [5.74, 6) is 0.450. The molecule has 0 fully saturated rings. The molecule has 2 aromatic carbocycles. The molecule has 9 nitrogen and oxygen atoms in total. The van der Waals surface area contributed by atoms with Gasteiger partial charge in [-0.2, -0.15) is 0 Å². The van der Waals surface area contributed by atoms with Crippen LogP contribution < -0.4 is 14.4 Å². The van der Waals surface area contributed by atoms with Gasteiger partial charge in [0.05, 0.1) is 30.0 Å². The summed E-state index contributed by atoms with van der Waals surface area (Å²) in [7, 11) is -2.32. The van der Waals surface area contributed by atoms with Gasteiger partial charge in [0.15, 0.2) is 0 Å². The third kappa shape index (κ3) is 5.85. The maximum absolute atomic E-state index is 13.2. The first-order valence-corrected chi connectivity index (χ1v) is 12.8. The molecule has 0 aliphatic carbocycles. The fourth-order valence-corrected chi connectivity index (χ4v) is 5.18. The Kier molecular flexibility index (Phi) is 8.31. The Morgan fingerprint density at radius 2 is 1.68 bits per heavy atom. The number of carbonyl (C=O) groups is 1. The second kappa shape index (κ2) is 10.4. The lowest BCUT2D eigenvalue weighted by atomic mass is 9.93. The molecule has 0 saturated carbocycles. The number of sulfonamides is 1. The van der Waals surface area contributed by atoms with Crippen molar-refractivity contribution in [3.63, 3.8) is 0 Å². The van der Waals surface area contributed by atoms with Gasteiger partial charge >= 0.3 is 0 Å². The first kappa shape index (κ1) is 27.1. The second-order valence-electron chi connectivity index (χ2n) is 8.80. The number of aryl methyl sites for hydroxylation is 2. The van der Waals surface area contributed by atoms with Crippen LogP contribution in [0.15, 0.2) is 30.3 Å². The minimum absolute atomic E-state index is 0.0923. The number of methoxy groups -OCH3 is 1. The zero-order valence-corrected chi connectivity index (χ0v) is 21.7. The van der Waals surface area contributed by atoms with E-state index < -0.39 is 32.9 Å². The van der Waals surface area contributed by atoms with E-state index in [-0.39, 0.29) is 17.3 Å². The molecule has 1 amide bonds. The van der Waals surface area contributed by atoms with Gasteiger partial charge in [0, 0.05) is 12.1 Å². The summed E-state index contributed by atoms with van der Waals surface area (Å²) in [6, 6.07) is 6.30. The van der Waals surface area contributed by atoms with Crippen LogP contribution in [-0.4, -0.2) is 38.7 Å². The zero-order chi connectivity index (χ0) is 26.0. The van der Waals surface area contributed by atoms with Gasteiger partial charge in [-0.3, -0.25) is 19.2 Å². The Labute approximate surface area is 201 Å². The maximum atomic E-state index is 13.2. The summed E-state index contributed by atoms with van der Waals surface area (Å²) >= 11 is 0. The van der Waals surface area contributed by atoms with Crippen molar-refractivity contribution in [3.8, 4) is 5.75 Å². The number of anilines is 1. The molecule has 34 heavy (non-hydrogen) atoms. The average Bonchev–Trinajstić information content (AvgIpc) is 2.73. The third-order valence-electron chi connectivity index (χ3n) is 5.80. The summed E-state index contributed by atoms with van der Waals surface area (Å²) in [6.45, 7) is 10.9. The van der Waals surface area contributed by atoms with Crippen LogP contribution in [0.5, 0.6) is 5.75 Å². The molecule has 2 rings (SSSR count). The van der Waals surface area contributed by atoms with Gasteiger partial charge in [0.1, 0.15) is 11.8 Å². The molecule has 0 bridgehead atoms. The molecule has 0 heterocycles. The molecule has 2 atom stereocenters. The van der Waals surface area contributed by atoms with Crippen LogP contribution in [0.25, 0.3) is 0 Å². The first-order valence-electron chi connectivity index (χ1n) is 10.9. The molecular formula is C24H33N3O6S. The van der Waals surface area contributed by atoms with Crippen molar-refractivity contribution in [2.45, 2.75) is 59.5 Å².